The van der Waals surface area contributed by atoms with Crippen LogP contribution in [0.25, 0.3) is 0 Å². The zero-order valence-electron chi connectivity index (χ0n) is 17.1. The van der Waals surface area contributed by atoms with Crippen LogP contribution in [0.2, 0.25) is 10.0 Å². The second-order valence-corrected chi connectivity index (χ2v) is 11.7. The van der Waals surface area contributed by atoms with E-state index in [0.29, 0.717) is 16.5 Å². The fourth-order valence-electron chi connectivity index (χ4n) is 4.46. The summed E-state index contributed by atoms with van der Waals surface area (Å²) in [5, 5.41) is 10.7. The van der Waals surface area contributed by atoms with Gasteiger partial charge in [-0.1, -0.05) is 47.5 Å². The van der Waals surface area contributed by atoms with Crippen LogP contribution in [-0.2, 0) is 4.79 Å². The standard InChI is InChI=1S/C22H27Cl2NO4S/c1-14(2)25-21(15-7-9-17(23)10-8-15)19(16-5-4-6-18(24)11-16)12-22(3,13-20(26)27)30(25,28)29/h4-11,14,19,21,28-29H,12-13H2,1-3H3,(H,26,27)/t19-,21-,22+/m1/s1. The van der Waals surface area contributed by atoms with Crippen molar-refractivity contribution >= 4 is 39.9 Å². The fourth-order valence-corrected chi connectivity index (χ4v) is 7.19. The second-order valence-electron chi connectivity index (χ2n) is 8.35. The lowest BCUT2D eigenvalue weighted by Crippen LogP contribution is -2.54. The highest BCUT2D eigenvalue weighted by atomic mass is 35.5. The second kappa shape index (κ2) is 8.69. The maximum atomic E-state index is 11.7. The van der Waals surface area contributed by atoms with Crippen molar-refractivity contribution in [2.45, 2.75) is 56.4 Å². The average molecular weight is 472 g/mol. The lowest BCUT2D eigenvalue weighted by Gasteiger charge is -2.63. The van der Waals surface area contributed by atoms with Crippen LogP contribution in [0.15, 0.2) is 48.5 Å². The number of hydrogen-bond acceptors (Lipinski definition) is 4. The number of benzene rings is 2. The Balaban J connectivity index is 2.23. The third kappa shape index (κ3) is 4.35. The van der Waals surface area contributed by atoms with Gasteiger partial charge in [-0.3, -0.25) is 13.9 Å². The number of nitrogens with zero attached hydrogens (tertiary/aromatic N) is 1. The summed E-state index contributed by atoms with van der Waals surface area (Å²) in [5.74, 6) is -1.26. The van der Waals surface area contributed by atoms with E-state index in [1.54, 1.807) is 29.4 Å². The molecule has 30 heavy (non-hydrogen) atoms. The average Bonchev–Trinajstić information content (AvgIpc) is 2.63. The highest BCUT2D eigenvalue weighted by Gasteiger charge is 2.55. The van der Waals surface area contributed by atoms with Gasteiger partial charge in [-0.2, -0.15) is 4.31 Å². The van der Waals surface area contributed by atoms with Crippen LogP contribution in [0.4, 0.5) is 0 Å². The van der Waals surface area contributed by atoms with Crippen molar-refractivity contribution in [3.63, 3.8) is 0 Å². The molecule has 0 radical (unpaired) electrons. The van der Waals surface area contributed by atoms with Gasteiger partial charge in [0.25, 0.3) is 0 Å². The van der Waals surface area contributed by atoms with E-state index in [2.05, 4.69) is 0 Å². The van der Waals surface area contributed by atoms with Crippen molar-refractivity contribution in [1.29, 1.82) is 0 Å². The van der Waals surface area contributed by atoms with Crippen LogP contribution in [0.1, 0.15) is 56.7 Å². The van der Waals surface area contributed by atoms with Gasteiger partial charge in [0, 0.05) is 22.0 Å². The molecule has 3 N–H and O–H groups in total. The molecule has 164 valence electrons. The quantitative estimate of drug-likeness (QED) is 0.444. The molecule has 0 saturated carbocycles. The van der Waals surface area contributed by atoms with Crippen LogP contribution in [-0.4, -0.2) is 35.3 Å². The van der Waals surface area contributed by atoms with Gasteiger partial charge in [0.2, 0.25) is 0 Å². The van der Waals surface area contributed by atoms with Crippen molar-refractivity contribution in [3.8, 4) is 0 Å². The maximum absolute atomic E-state index is 11.7. The van der Waals surface area contributed by atoms with Gasteiger partial charge < -0.3 is 5.11 Å². The number of carboxylic acids is 1. The summed E-state index contributed by atoms with van der Waals surface area (Å²) >= 11 is 12.4. The lowest BCUT2D eigenvalue weighted by molar-refractivity contribution is -0.138. The number of carbonyl (C=O) groups is 1. The highest BCUT2D eigenvalue weighted by Crippen LogP contribution is 2.69. The molecule has 5 nitrogen and oxygen atoms in total. The molecule has 0 unspecified atom stereocenters. The van der Waals surface area contributed by atoms with E-state index in [0.717, 1.165) is 11.1 Å². The SMILES string of the molecule is CC(C)N1[C@H](c2ccc(Cl)cc2)[C@@H](c2cccc(Cl)c2)C[C@@](C)(CC(=O)O)S1(O)O. The Kier molecular flexibility index (Phi) is 6.77. The largest absolute Gasteiger partial charge is 0.481 e. The molecule has 2 aromatic rings. The maximum Gasteiger partial charge on any atom is 0.305 e. The first-order chi connectivity index (χ1) is 14.0. The molecule has 0 bridgehead atoms. The Morgan fingerprint density at radius 1 is 1.13 bits per heavy atom. The van der Waals surface area contributed by atoms with Crippen molar-refractivity contribution in [1.82, 2.24) is 4.31 Å². The minimum absolute atomic E-state index is 0.198. The van der Waals surface area contributed by atoms with Crippen molar-refractivity contribution in [2.75, 3.05) is 0 Å². The van der Waals surface area contributed by atoms with E-state index in [1.165, 1.54) is 0 Å². The van der Waals surface area contributed by atoms with Crippen molar-refractivity contribution < 1.29 is 19.0 Å². The predicted molar refractivity (Wildman–Crippen MR) is 123 cm³/mol. The number of rotatable bonds is 5. The number of aliphatic carboxylic acids is 1. The molecule has 0 aromatic heterocycles. The normalized spacial score (nSPS) is 27.7. The third-order valence-electron chi connectivity index (χ3n) is 5.78. The first kappa shape index (κ1) is 23.4. The summed E-state index contributed by atoms with van der Waals surface area (Å²) in [6.07, 6.45) is -0.0541. The molecule has 0 spiro atoms. The fraction of sp³-hybridized carbons (Fsp3) is 0.409. The molecule has 3 rings (SSSR count). The van der Waals surface area contributed by atoms with E-state index >= 15 is 0 Å². The minimum atomic E-state index is -3.43. The molecule has 0 amide bonds. The summed E-state index contributed by atoms with van der Waals surface area (Å²) in [4.78, 5) is 11.7. The Morgan fingerprint density at radius 2 is 1.77 bits per heavy atom. The highest BCUT2D eigenvalue weighted by molar-refractivity contribution is 8.23. The first-order valence-corrected chi connectivity index (χ1v) is 12.0. The molecule has 1 aliphatic heterocycles. The minimum Gasteiger partial charge on any atom is -0.481 e. The number of carboxylic acid groups (broad SMARTS) is 1. The topological polar surface area (TPSA) is 81.0 Å². The number of halogens is 2. The Hall–Kier alpha value is -1.28. The van der Waals surface area contributed by atoms with Gasteiger partial charge >= 0.3 is 5.97 Å². The van der Waals surface area contributed by atoms with Gasteiger partial charge in [-0.05, 0) is 62.6 Å². The zero-order chi connectivity index (χ0) is 22.3. The van der Waals surface area contributed by atoms with E-state index in [9.17, 15) is 19.0 Å². The van der Waals surface area contributed by atoms with Gasteiger partial charge in [0.15, 0.2) is 0 Å². The first-order valence-electron chi connectivity index (χ1n) is 9.75. The van der Waals surface area contributed by atoms with Crippen LogP contribution >= 0.6 is 34.0 Å². The van der Waals surface area contributed by atoms with Crippen LogP contribution < -0.4 is 0 Å². The Morgan fingerprint density at radius 3 is 2.30 bits per heavy atom. The molecule has 2 aromatic carbocycles. The van der Waals surface area contributed by atoms with Crippen molar-refractivity contribution in [3.05, 3.63) is 69.7 Å². The molecular weight excluding hydrogens is 445 g/mol. The molecule has 1 heterocycles. The van der Waals surface area contributed by atoms with E-state index in [-0.39, 0.29) is 24.4 Å². The predicted octanol–water partition coefficient (Wildman–Crippen LogP) is 6.83. The molecule has 1 saturated heterocycles. The van der Waals surface area contributed by atoms with E-state index in [4.69, 9.17) is 23.2 Å². The summed E-state index contributed by atoms with van der Waals surface area (Å²) in [6, 6.07) is 14.2. The van der Waals surface area contributed by atoms with E-state index < -0.39 is 21.5 Å². The summed E-state index contributed by atoms with van der Waals surface area (Å²) in [7, 11) is -3.43. The van der Waals surface area contributed by atoms with Gasteiger partial charge in [-0.15, -0.1) is 10.8 Å². The summed E-state index contributed by atoms with van der Waals surface area (Å²) in [6.45, 7) is 5.43. The van der Waals surface area contributed by atoms with Gasteiger partial charge in [-0.25, -0.2) is 0 Å². The Bertz CT molecular complexity index is 922. The van der Waals surface area contributed by atoms with Crippen LogP contribution in [0, 0.1) is 0 Å². The third-order valence-corrected chi connectivity index (χ3v) is 9.14. The van der Waals surface area contributed by atoms with Gasteiger partial charge in [0.1, 0.15) is 0 Å². The molecule has 1 aliphatic rings. The van der Waals surface area contributed by atoms with Crippen LogP contribution in [0.3, 0.4) is 0 Å². The van der Waals surface area contributed by atoms with Crippen molar-refractivity contribution in [2.24, 2.45) is 0 Å². The smallest absolute Gasteiger partial charge is 0.305 e. The van der Waals surface area contributed by atoms with Crippen LogP contribution in [0.5, 0.6) is 0 Å². The monoisotopic (exact) mass is 471 g/mol. The molecule has 8 heteroatoms. The lowest BCUT2D eigenvalue weighted by atomic mass is 9.79. The van der Waals surface area contributed by atoms with E-state index in [1.807, 2.05) is 44.2 Å². The Labute approximate surface area is 189 Å². The summed E-state index contributed by atoms with van der Waals surface area (Å²) in [5.41, 5.74) is 1.81. The summed E-state index contributed by atoms with van der Waals surface area (Å²) < 4.78 is 23.3. The van der Waals surface area contributed by atoms with Gasteiger partial charge in [0.05, 0.1) is 17.2 Å². The zero-order valence-corrected chi connectivity index (χ0v) is 19.5. The molecule has 1 fully saturated rings. The molecule has 0 aliphatic carbocycles. The molecule has 3 atom stereocenters. The molecular formula is C22H27Cl2NO4S. The number of hydrogen-bond donors (Lipinski definition) is 3.